The molecule has 0 bridgehead atoms. The molecule has 6 nitrogen and oxygen atoms in total. The van der Waals surface area contributed by atoms with Crippen LogP contribution in [0.1, 0.15) is 23.4 Å². The van der Waals surface area contributed by atoms with E-state index < -0.39 is 12.8 Å². The highest BCUT2D eigenvalue weighted by Crippen LogP contribution is 2.14. The minimum Gasteiger partial charge on any atom is -0.372 e. The summed E-state index contributed by atoms with van der Waals surface area (Å²) in [4.78, 5) is 4.07. The SMILES string of the molecule is CN=C(NCCCOCC(F)(F)F)NCc1c(C)nn(C)c1C.I. The first-order chi connectivity index (χ1) is 10.7. The fourth-order valence-corrected chi connectivity index (χ4v) is 2.03. The molecule has 0 aliphatic rings. The van der Waals surface area contributed by atoms with Gasteiger partial charge in [0.25, 0.3) is 0 Å². The van der Waals surface area contributed by atoms with Gasteiger partial charge in [-0.2, -0.15) is 18.3 Å². The van der Waals surface area contributed by atoms with Crippen molar-refractivity contribution in [3.8, 4) is 0 Å². The lowest BCUT2D eigenvalue weighted by Gasteiger charge is -2.12. The number of alkyl halides is 3. The number of nitrogens with zero attached hydrogens (tertiary/aromatic N) is 3. The van der Waals surface area contributed by atoms with Crippen molar-refractivity contribution in [2.45, 2.75) is 33.0 Å². The highest BCUT2D eigenvalue weighted by atomic mass is 127. The van der Waals surface area contributed by atoms with Crippen LogP contribution in [0.3, 0.4) is 0 Å². The summed E-state index contributed by atoms with van der Waals surface area (Å²) in [5, 5.41) is 10.5. The third-order valence-electron chi connectivity index (χ3n) is 3.34. The van der Waals surface area contributed by atoms with E-state index in [-0.39, 0.29) is 30.6 Å². The number of hydrogen-bond donors (Lipinski definition) is 2. The quantitative estimate of drug-likeness (QED) is 0.282. The van der Waals surface area contributed by atoms with Crippen LogP contribution in [0.5, 0.6) is 0 Å². The maximum atomic E-state index is 11.9. The Hall–Kier alpha value is -1.04. The fraction of sp³-hybridized carbons (Fsp3) is 0.714. The Labute approximate surface area is 157 Å². The van der Waals surface area contributed by atoms with Gasteiger partial charge < -0.3 is 15.4 Å². The third-order valence-corrected chi connectivity index (χ3v) is 3.34. The summed E-state index contributed by atoms with van der Waals surface area (Å²) in [6.45, 7) is 3.82. The van der Waals surface area contributed by atoms with Gasteiger partial charge in [0.1, 0.15) is 6.61 Å². The molecule has 0 unspecified atom stereocenters. The van der Waals surface area contributed by atoms with Gasteiger partial charge in [-0.25, -0.2) is 0 Å². The normalized spacial score (nSPS) is 12.0. The molecule has 0 spiro atoms. The molecule has 2 N–H and O–H groups in total. The van der Waals surface area contributed by atoms with Crippen molar-refractivity contribution in [3.63, 3.8) is 0 Å². The first-order valence-corrected chi connectivity index (χ1v) is 7.32. The van der Waals surface area contributed by atoms with Crippen LogP contribution in [0.15, 0.2) is 4.99 Å². The smallest absolute Gasteiger partial charge is 0.372 e. The predicted octanol–water partition coefficient (Wildman–Crippen LogP) is 2.29. The first-order valence-electron chi connectivity index (χ1n) is 7.32. The molecular formula is C14H25F3IN5O. The predicted molar refractivity (Wildman–Crippen MR) is 97.8 cm³/mol. The van der Waals surface area contributed by atoms with Crippen molar-refractivity contribution >= 4 is 29.9 Å². The average molecular weight is 463 g/mol. The van der Waals surface area contributed by atoms with Gasteiger partial charge in [-0.05, 0) is 20.3 Å². The summed E-state index contributed by atoms with van der Waals surface area (Å²) in [6, 6.07) is 0. The van der Waals surface area contributed by atoms with E-state index >= 15 is 0 Å². The molecule has 0 aliphatic carbocycles. The molecule has 24 heavy (non-hydrogen) atoms. The zero-order chi connectivity index (χ0) is 17.5. The molecule has 1 aromatic rings. The second-order valence-electron chi connectivity index (χ2n) is 5.15. The van der Waals surface area contributed by atoms with Gasteiger partial charge in [-0.3, -0.25) is 9.67 Å². The minimum atomic E-state index is -4.27. The molecule has 0 radical (unpaired) electrons. The number of rotatable bonds is 7. The Kier molecular flexibility index (Phi) is 10.3. The van der Waals surface area contributed by atoms with Crippen molar-refractivity contribution < 1.29 is 17.9 Å². The first kappa shape index (κ1) is 23.0. The van der Waals surface area contributed by atoms with Crippen molar-refractivity contribution in [1.29, 1.82) is 0 Å². The molecule has 0 saturated carbocycles. The van der Waals surface area contributed by atoms with Gasteiger partial charge in [0.15, 0.2) is 5.96 Å². The largest absolute Gasteiger partial charge is 0.411 e. The Morgan fingerprint density at radius 2 is 1.96 bits per heavy atom. The summed E-state index contributed by atoms with van der Waals surface area (Å²) < 4.78 is 42.1. The van der Waals surface area contributed by atoms with E-state index in [0.717, 1.165) is 17.0 Å². The molecule has 0 fully saturated rings. The lowest BCUT2D eigenvalue weighted by atomic mass is 10.2. The van der Waals surface area contributed by atoms with Crippen LogP contribution in [0.4, 0.5) is 13.2 Å². The number of hydrogen-bond acceptors (Lipinski definition) is 3. The van der Waals surface area contributed by atoms with E-state index in [2.05, 4.69) is 25.5 Å². The van der Waals surface area contributed by atoms with Crippen molar-refractivity contribution in [3.05, 3.63) is 17.0 Å². The van der Waals surface area contributed by atoms with Gasteiger partial charge in [-0.15, -0.1) is 24.0 Å². The molecule has 0 amide bonds. The van der Waals surface area contributed by atoms with Gasteiger partial charge in [0.2, 0.25) is 0 Å². The number of aliphatic imine (C=N–C) groups is 1. The van der Waals surface area contributed by atoms with Gasteiger partial charge in [-0.1, -0.05) is 0 Å². The van der Waals surface area contributed by atoms with Crippen LogP contribution in [0.25, 0.3) is 0 Å². The summed E-state index contributed by atoms with van der Waals surface area (Å²) in [5.41, 5.74) is 3.13. The standard InChI is InChI=1S/C14H24F3N5O.HI/c1-10-12(11(2)22(4)21-10)8-20-13(18-3)19-6-5-7-23-9-14(15,16)17;/h5-9H2,1-4H3,(H2,18,19,20);1H. The van der Waals surface area contributed by atoms with E-state index in [0.29, 0.717) is 25.5 Å². The molecule has 140 valence electrons. The zero-order valence-corrected chi connectivity index (χ0v) is 16.7. The second kappa shape index (κ2) is 10.7. The minimum absolute atomic E-state index is 0. The number of nitrogens with one attached hydrogen (secondary N) is 2. The molecule has 1 rings (SSSR count). The maximum absolute atomic E-state index is 11.9. The van der Waals surface area contributed by atoms with E-state index in [1.165, 1.54) is 0 Å². The van der Waals surface area contributed by atoms with Gasteiger partial charge in [0.05, 0.1) is 5.69 Å². The Morgan fingerprint density at radius 3 is 2.46 bits per heavy atom. The third kappa shape index (κ3) is 8.18. The number of halogens is 4. The molecule has 0 atom stereocenters. The molecule has 0 aromatic carbocycles. The van der Waals surface area contributed by atoms with Crippen LogP contribution in [0, 0.1) is 13.8 Å². The topological polar surface area (TPSA) is 63.5 Å². The fourth-order valence-electron chi connectivity index (χ4n) is 2.03. The van der Waals surface area contributed by atoms with Crippen molar-refractivity contribution in [1.82, 2.24) is 20.4 Å². The lowest BCUT2D eigenvalue weighted by molar-refractivity contribution is -0.173. The monoisotopic (exact) mass is 463 g/mol. The summed E-state index contributed by atoms with van der Waals surface area (Å²) in [6.07, 6.45) is -3.81. The lowest BCUT2D eigenvalue weighted by Crippen LogP contribution is -2.37. The van der Waals surface area contributed by atoms with E-state index in [1.807, 2.05) is 25.6 Å². The number of aryl methyl sites for hydroxylation is 2. The number of guanidine groups is 1. The second-order valence-corrected chi connectivity index (χ2v) is 5.15. The number of ether oxygens (including phenoxy) is 1. The molecule has 0 saturated heterocycles. The average Bonchev–Trinajstić information content (AvgIpc) is 2.70. The van der Waals surface area contributed by atoms with Crippen LogP contribution in [0.2, 0.25) is 0 Å². The van der Waals surface area contributed by atoms with Gasteiger partial charge >= 0.3 is 6.18 Å². The zero-order valence-electron chi connectivity index (χ0n) is 14.3. The molecule has 1 heterocycles. The summed E-state index contributed by atoms with van der Waals surface area (Å²) in [5.74, 6) is 0.587. The Bertz CT molecular complexity index is 531. The van der Waals surface area contributed by atoms with Crippen LogP contribution >= 0.6 is 24.0 Å². The van der Waals surface area contributed by atoms with E-state index in [9.17, 15) is 13.2 Å². The van der Waals surface area contributed by atoms with Gasteiger partial charge in [0, 0.05) is 45.0 Å². The highest BCUT2D eigenvalue weighted by molar-refractivity contribution is 14.0. The van der Waals surface area contributed by atoms with E-state index in [1.54, 1.807) is 7.05 Å². The Balaban J connectivity index is 0.00000529. The van der Waals surface area contributed by atoms with E-state index in [4.69, 9.17) is 0 Å². The van der Waals surface area contributed by atoms with Crippen molar-refractivity contribution in [2.75, 3.05) is 26.8 Å². The van der Waals surface area contributed by atoms with Crippen LogP contribution in [-0.4, -0.2) is 48.7 Å². The summed E-state index contributed by atoms with van der Waals surface area (Å²) in [7, 11) is 3.53. The van der Waals surface area contributed by atoms with Crippen molar-refractivity contribution in [2.24, 2.45) is 12.0 Å². The number of aromatic nitrogens is 2. The summed E-state index contributed by atoms with van der Waals surface area (Å²) >= 11 is 0. The highest BCUT2D eigenvalue weighted by Gasteiger charge is 2.27. The van der Waals surface area contributed by atoms with Crippen LogP contribution < -0.4 is 10.6 Å². The maximum Gasteiger partial charge on any atom is 0.411 e. The molecule has 0 aliphatic heterocycles. The van der Waals surface area contributed by atoms with Crippen LogP contribution in [-0.2, 0) is 18.3 Å². The molecular weight excluding hydrogens is 438 g/mol. The molecule has 10 heteroatoms. The Morgan fingerprint density at radius 1 is 1.29 bits per heavy atom. The molecule has 1 aromatic heterocycles.